The first-order chi connectivity index (χ1) is 32.5. The van der Waals surface area contributed by atoms with Crippen LogP contribution in [0.5, 0.6) is 0 Å². The number of halogens is 2. The van der Waals surface area contributed by atoms with Gasteiger partial charge in [-0.3, -0.25) is 0 Å². The first kappa shape index (κ1) is 38.8. The molecule has 4 aromatic heterocycles. The Bertz CT molecular complexity index is 4220. The summed E-state index contributed by atoms with van der Waals surface area (Å²) in [5, 5.41) is 9.56. The predicted octanol–water partition coefficient (Wildman–Crippen LogP) is 18.2. The summed E-state index contributed by atoms with van der Waals surface area (Å²) in [7, 11) is 0. The molecule has 14 aromatic rings. The quantitative estimate of drug-likeness (QED) is 0.176. The molecular formula is C60H36Br2N2O2. The Hall–Kier alpha value is -7.64. The number of para-hydroxylation sites is 4. The monoisotopic (exact) mass is 974 g/mol. The van der Waals surface area contributed by atoms with Crippen molar-refractivity contribution in [3.63, 3.8) is 0 Å². The normalized spacial score (nSPS) is 11.8. The van der Waals surface area contributed by atoms with Gasteiger partial charge in [0.1, 0.15) is 22.3 Å². The highest BCUT2D eigenvalue weighted by atomic mass is 79.9. The summed E-state index contributed by atoms with van der Waals surface area (Å²) in [6.07, 6.45) is 0. The first-order valence-corrected chi connectivity index (χ1v) is 23.5. The molecule has 0 spiro atoms. The summed E-state index contributed by atoms with van der Waals surface area (Å²) >= 11 is 7.23. The molecule has 0 saturated heterocycles. The van der Waals surface area contributed by atoms with Gasteiger partial charge in [-0.15, -0.1) is 0 Å². The fourth-order valence-corrected chi connectivity index (χ4v) is 10.8. The fourth-order valence-electron chi connectivity index (χ4n) is 9.97. The van der Waals surface area contributed by atoms with Crippen LogP contribution in [0.2, 0.25) is 0 Å². The van der Waals surface area contributed by atoms with Crippen LogP contribution in [0, 0.1) is 0 Å². The lowest BCUT2D eigenvalue weighted by Gasteiger charge is -2.11. The molecule has 0 aliphatic carbocycles. The highest BCUT2D eigenvalue weighted by molar-refractivity contribution is 9.10. The molecule has 66 heavy (non-hydrogen) atoms. The lowest BCUT2D eigenvalue weighted by Crippen LogP contribution is -1.94. The second-order valence-corrected chi connectivity index (χ2v) is 18.5. The van der Waals surface area contributed by atoms with Gasteiger partial charge < -0.3 is 18.0 Å². The summed E-state index contributed by atoms with van der Waals surface area (Å²) < 4.78 is 19.2. The smallest absolute Gasteiger partial charge is 0.137 e. The number of furan rings is 2. The minimum Gasteiger partial charge on any atom is -0.456 e. The van der Waals surface area contributed by atoms with Crippen molar-refractivity contribution in [3.05, 3.63) is 227 Å². The lowest BCUT2D eigenvalue weighted by molar-refractivity contribution is 0.668. The molecule has 14 rings (SSSR count). The molecule has 0 unspecified atom stereocenters. The zero-order chi connectivity index (χ0) is 43.9. The SMILES string of the molecule is Brc1cccc(-c2ccc3c4ccccc4n(-c4ccc5oc6ccccc6c5c4)c3c2)c1.Brc1cccc(-c2ccc3c4ccccc4n(-c4cccc5oc6ccccc6c45)c3c2)c1. The maximum Gasteiger partial charge on any atom is 0.137 e. The van der Waals surface area contributed by atoms with E-state index < -0.39 is 0 Å². The van der Waals surface area contributed by atoms with E-state index in [2.05, 4.69) is 235 Å². The van der Waals surface area contributed by atoms with Gasteiger partial charge in [0.2, 0.25) is 0 Å². The van der Waals surface area contributed by atoms with Crippen molar-refractivity contribution in [2.24, 2.45) is 0 Å². The maximum atomic E-state index is 6.20. The molecule has 0 aliphatic heterocycles. The van der Waals surface area contributed by atoms with Crippen LogP contribution in [0.15, 0.2) is 236 Å². The van der Waals surface area contributed by atoms with E-state index in [1.165, 1.54) is 65.9 Å². The van der Waals surface area contributed by atoms with Crippen LogP contribution in [-0.4, -0.2) is 9.13 Å². The fraction of sp³-hybridized carbons (Fsp3) is 0. The number of rotatable bonds is 4. The van der Waals surface area contributed by atoms with Crippen LogP contribution in [0.25, 0.3) is 121 Å². The summed E-state index contributed by atoms with van der Waals surface area (Å²) in [4.78, 5) is 0. The molecule has 0 aliphatic rings. The summed E-state index contributed by atoms with van der Waals surface area (Å²) in [5.74, 6) is 0. The Kier molecular flexibility index (Phi) is 9.12. The Morgan fingerprint density at radius 2 is 0.758 bits per heavy atom. The zero-order valence-electron chi connectivity index (χ0n) is 35.3. The molecule has 0 bridgehead atoms. The van der Waals surface area contributed by atoms with E-state index in [0.717, 1.165) is 64.2 Å². The van der Waals surface area contributed by atoms with Crippen LogP contribution in [0.1, 0.15) is 0 Å². The number of benzene rings is 10. The van der Waals surface area contributed by atoms with Crippen LogP contribution in [0.3, 0.4) is 0 Å². The van der Waals surface area contributed by atoms with E-state index in [1.807, 2.05) is 24.3 Å². The van der Waals surface area contributed by atoms with Crippen LogP contribution in [0.4, 0.5) is 0 Å². The van der Waals surface area contributed by atoms with E-state index >= 15 is 0 Å². The molecule has 10 aromatic carbocycles. The largest absolute Gasteiger partial charge is 0.456 e. The summed E-state index contributed by atoms with van der Waals surface area (Å²) in [6.45, 7) is 0. The number of aromatic nitrogens is 2. The number of fused-ring (bicyclic) bond motifs is 12. The average Bonchev–Trinajstić information content (AvgIpc) is 4.11. The van der Waals surface area contributed by atoms with E-state index in [9.17, 15) is 0 Å². The standard InChI is InChI=1S/2C30H18BrNO/c31-21-8-5-7-19(17-21)20-15-16-23-22-9-1-3-11-25(22)32(27(23)18-20)26-12-6-14-29-30(26)24-10-2-4-13-28(24)33-29;31-21-7-5-6-19(16-21)20-12-14-24-23-8-1-3-10-27(23)32(28(24)17-20)22-13-15-30-26(18-22)25-9-2-4-11-29(25)33-30/h2*1-18H. The van der Waals surface area contributed by atoms with Crippen molar-refractivity contribution in [1.29, 1.82) is 0 Å². The van der Waals surface area contributed by atoms with Crippen molar-refractivity contribution < 1.29 is 8.83 Å². The first-order valence-electron chi connectivity index (χ1n) is 21.9. The molecule has 0 N–H and O–H groups in total. The number of nitrogens with zero attached hydrogens (tertiary/aromatic N) is 2. The lowest BCUT2D eigenvalue weighted by atomic mass is 10.0. The minimum absolute atomic E-state index is 0.905. The number of hydrogen-bond acceptors (Lipinski definition) is 2. The van der Waals surface area contributed by atoms with Gasteiger partial charge in [0.25, 0.3) is 0 Å². The molecule has 312 valence electrons. The number of hydrogen-bond donors (Lipinski definition) is 0. The summed E-state index contributed by atoms with van der Waals surface area (Å²) in [6, 6.07) is 77.1. The Morgan fingerprint density at radius 3 is 1.41 bits per heavy atom. The van der Waals surface area contributed by atoms with Gasteiger partial charge in [-0.25, -0.2) is 0 Å². The van der Waals surface area contributed by atoms with E-state index in [1.54, 1.807) is 0 Å². The zero-order valence-corrected chi connectivity index (χ0v) is 38.4. The van der Waals surface area contributed by atoms with E-state index in [0.29, 0.717) is 0 Å². The third-order valence-electron chi connectivity index (χ3n) is 12.9. The predicted molar refractivity (Wildman–Crippen MR) is 282 cm³/mol. The average molecular weight is 977 g/mol. The Balaban J connectivity index is 0.000000132. The second kappa shape index (κ2) is 15.5. The van der Waals surface area contributed by atoms with Gasteiger partial charge in [0.05, 0.1) is 33.1 Å². The molecule has 0 radical (unpaired) electrons. The molecule has 0 amide bonds. The van der Waals surface area contributed by atoms with Gasteiger partial charge >= 0.3 is 0 Å². The van der Waals surface area contributed by atoms with Crippen molar-refractivity contribution in [3.8, 4) is 33.6 Å². The molecule has 0 saturated carbocycles. The van der Waals surface area contributed by atoms with Crippen LogP contribution >= 0.6 is 31.9 Å². The third-order valence-corrected chi connectivity index (χ3v) is 13.9. The Labute approximate surface area is 395 Å². The van der Waals surface area contributed by atoms with Gasteiger partial charge in [-0.1, -0.05) is 159 Å². The van der Waals surface area contributed by atoms with Gasteiger partial charge in [0.15, 0.2) is 0 Å². The third kappa shape index (κ3) is 6.32. The van der Waals surface area contributed by atoms with Crippen molar-refractivity contribution in [2.45, 2.75) is 0 Å². The molecular weight excluding hydrogens is 940 g/mol. The van der Waals surface area contributed by atoms with Gasteiger partial charge in [-0.05, 0) is 113 Å². The molecule has 4 heterocycles. The van der Waals surface area contributed by atoms with E-state index in [4.69, 9.17) is 8.83 Å². The minimum atomic E-state index is 0.905. The Morgan fingerprint density at radius 1 is 0.288 bits per heavy atom. The second-order valence-electron chi connectivity index (χ2n) is 16.7. The van der Waals surface area contributed by atoms with E-state index in [-0.39, 0.29) is 0 Å². The molecule has 0 atom stereocenters. The van der Waals surface area contributed by atoms with Crippen LogP contribution in [-0.2, 0) is 0 Å². The highest BCUT2D eigenvalue weighted by Gasteiger charge is 2.19. The molecule has 0 fully saturated rings. The molecule has 6 heteroatoms. The van der Waals surface area contributed by atoms with Gasteiger partial charge in [0, 0.05) is 52.3 Å². The van der Waals surface area contributed by atoms with Gasteiger partial charge in [-0.2, -0.15) is 0 Å². The highest BCUT2D eigenvalue weighted by Crippen LogP contribution is 2.41. The van der Waals surface area contributed by atoms with Crippen LogP contribution < -0.4 is 0 Å². The van der Waals surface area contributed by atoms with Crippen molar-refractivity contribution in [2.75, 3.05) is 0 Å². The van der Waals surface area contributed by atoms with Crippen molar-refractivity contribution in [1.82, 2.24) is 9.13 Å². The maximum absolute atomic E-state index is 6.20. The summed E-state index contributed by atoms with van der Waals surface area (Å²) in [5.41, 5.74) is 15.5. The molecule has 4 nitrogen and oxygen atoms in total. The van der Waals surface area contributed by atoms with Crippen molar-refractivity contribution >= 4 is 119 Å². The topological polar surface area (TPSA) is 36.1 Å².